The first-order chi connectivity index (χ1) is 18.3. The van der Waals surface area contributed by atoms with E-state index in [0.717, 1.165) is 0 Å². The fourth-order valence-electron chi connectivity index (χ4n) is 4.48. The number of rotatable bonds is 11. The summed E-state index contributed by atoms with van der Waals surface area (Å²) in [7, 11) is -4.65. The summed E-state index contributed by atoms with van der Waals surface area (Å²) in [6.07, 6.45) is -0.873. The van der Waals surface area contributed by atoms with Crippen LogP contribution in [0.15, 0.2) is 72.8 Å². The molecule has 7 nitrogen and oxygen atoms in total. The van der Waals surface area contributed by atoms with Crippen LogP contribution in [0.5, 0.6) is 11.5 Å². The van der Waals surface area contributed by atoms with Crippen molar-refractivity contribution in [3.63, 3.8) is 0 Å². The second-order valence-electron chi connectivity index (χ2n) is 8.50. The van der Waals surface area contributed by atoms with Gasteiger partial charge in [0, 0.05) is 0 Å². The van der Waals surface area contributed by atoms with Crippen molar-refractivity contribution >= 4 is 45.7 Å². The van der Waals surface area contributed by atoms with E-state index in [1.807, 2.05) is 12.1 Å². The number of hydrogen-bond acceptors (Lipinski definition) is 7. The maximum atomic E-state index is 14.8. The molecule has 0 amide bonds. The third-order valence-corrected chi connectivity index (χ3v) is 8.59. The van der Waals surface area contributed by atoms with Crippen LogP contribution in [0.2, 0.25) is 0 Å². The van der Waals surface area contributed by atoms with Crippen LogP contribution in [-0.4, -0.2) is 43.0 Å². The molecule has 0 fully saturated rings. The van der Waals surface area contributed by atoms with Crippen molar-refractivity contribution in [3.8, 4) is 11.5 Å². The van der Waals surface area contributed by atoms with Crippen LogP contribution in [-0.2, 0) is 14.1 Å². The molecule has 0 bridgehead atoms. The second-order valence-corrected chi connectivity index (χ2v) is 11.1. The lowest BCUT2D eigenvalue weighted by atomic mass is 10.0. The molecule has 0 spiro atoms. The Hall–Kier alpha value is -3.96. The van der Waals surface area contributed by atoms with E-state index in [2.05, 4.69) is 0 Å². The van der Waals surface area contributed by atoms with Gasteiger partial charge in [-0.15, -0.1) is 0 Å². The normalized spacial score (nSPS) is 11.3. The highest BCUT2D eigenvalue weighted by Gasteiger charge is 2.46. The van der Waals surface area contributed by atoms with E-state index in [1.165, 1.54) is 0 Å². The van der Waals surface area contributed by atoms with Gasteiger partial charge in [0.2, 0.25) is 18.2 Å². The molecule has 0 unspecified atom stereocenters. The monoisotopic (exact) mass is 532 g/mol. The van der Waals surface area contributed by atoms with E-state index < -0.39 is 30.3 Å². The average Bonchev–Trinajstić information content (AvgIpc) is 2.92. The summed E-state index contributed by atoms with van der Waals surface area (Å²) in [6, 6.07) is 20.9. The topological polar surface area (TPSA) is 96.0 Å². The summed E-state index contributed by atoms with van der Waals surface area (Å²) in [4.78, 5) is 41.4. The maximum Gasteiger partial charge on any atom is 0.314 e. The summed E-state index contributed by atoms with van der Waals surface area (Å²) in [6.45, 7) is 5.62. The molecule has 38 heavy (non-hydrogen) atoms. The van der Waals surface area contributed by atoms with Gasteiger partial charge in [-0.1, -0.05) is 60.7 Å². The van der Waals surface area contributed by atoms with E-state index in [-0.39, 0.29) is 42.4 Å². The van der Waals surface area contributed by atoms with Crippen LogP contribution in [0.1, 0.15) is 41.5 Å². The SMILES string of the molecule is CCOC(=O)CP(=O)(C(=O)c1c(OCC)ccc2ccccc12)C(=O)c1c(OCC)ccc2ccccc12. The zero-order chi connectivity index (χ0) is 27.3. The number of fused-ring (bicyclic) bond motifs is 2. The minimum atomic E-state index is -4.65. The average molecular weight is 533 g/mol. The molecule has 4 aromatic rings. The highest BCUT2D eigenvalue weighted by molar-refractivity contribution is 7.96. The molecule has 0 saturated carbocycles. The zero-order valence-electron chi connectivity index (χ0n) is 21.6. The molecular formula is C30H29O7P. The molecule has 0 aliphatic carbocycles. The molecule has 0 heterocycles. The largest absolute Gasteiger partial charge is 0.493 e. The Morgan fingerprint density at radius 1 is 0.632 bits per heavy atom. The van der Waals surface area contributed by atoms with Crippen molar-refractivity contribution in [2.24, 2.45) is 0 Å². The minimum absolute atomic E-state index is 0.00382. The Morgan fingerprint density at radius 3 is 1.50 bits per heavy atom. The number of esters is 1. The molecule has 4 rings (SSSR count). The third-order valence-electron chi connectivity index (χ3n) is 6.12. The molecule has 4 aromatic carbocycles. The maximum absolute atomic E-state index is 14.8. The molecule has 0 aliphatic heterocycles. The first-order valence-electron chi connectivity index (χ1n) is 12.5. The lowest BCUT2D eigenvalue weighted by Crippen LogP contribution is -2.21. The van der Waals surface area contributed by atoms with Gasteiger partial charge in [0.25, 0.3) is 0 Å². The Morgan fingerprint density at radius 2 is 1.08 bits per heavy atom. The Balaban J connectivity index is 2.00. The highest BCUT2D eigenvalue weighted by Crippen LogP contribution is 2.56. The predicted octanol–water partition coefficient (Wildman–Crippen LogP) is 6.70. The van der Waals surface area contributed by atoms with Crippen molar-refractivity contribution < 1.29 is 33.2 Å². The van der Waals surface area contributed by atoms with Crippen LogP contribution < -0.4 is 9.47 Å². The van der Waals surface area contributed by atoms with Gasteiger partial charge in [0.05, 0.1) is 30.9 Å². The van der Waals surface area contributed by atoms with Gasteiger partial charge in [0.1, 0.15) is 17.7 Å². The van der Waals surface area contributed by atoms with Gasteiger partial charge < -0.3 is 18.8 Å². The van der Waals surface area contributed by atoms with Crippen molar-refractivity contribution in [1.82, 2.24) is 0 Å². The summed E-state index contributed by atoms with van der Waals surface area (Å²) in [5, 5.41) is 2.36. The van der Waals surface area contributed by atoms with E-state index in [4.69, 9.17) is 14.2 Å². The van der Waals surface area contributed by atoms with Crippen LogP contribution in [0.3, 0.4) is 0 Å². The molecule has 0 aliphatic rings. The Labute approximate surface area is 221 Å². The van der Waals surface area contributed by atoms with Crippen molar-refractivity contribution in [2.45, 2.75) is 20.8 Å². The Kier molecular flexibility index (Phi) is 8.28. The molecule has 8 heteroatoms. The van der Waals surface area contributed by atoms with Crippen LogP contribution >= 0.6 is 7.14 Å². The van der Waals surface area contributed by atoms with E-state index in [9.17, 15) is 18.9 Å². The van der Waals surface area contributed by atoms with E-state index >= 15 is 0 Å². The molecule has 0 radical (unpaired) electrons. The van der Waals surface area contributed by atoms with E-state index in [0.29, 0.717) is 21.5 Å². The summed E-state index contributed by atoms with van der Waals surface area (Å²) in [5.41, 5.74) is -1.90. The van der Waals surface area contributed by atoms with Gasteiger partial charge in [-0.2, -0.15) is 0 Å². The van der Waals surface area contributed by atoms with Gasteiger partial charge in [-0.25, -0.2) is 0 Å². The number of carbonyl (C=O) groups excluding carboxylic acids is 3. The number of ether oxygens (including phenoxy) is 3. The van der Waals surface area contributed by atoms with Crippen molar-refractivity contribution in [2.75, 3.05) is 26.0 Å². The molecule has 0 atom stereocenters. The highest BCUT2D eigenvalue weighted by atomic mass is 31.2. The standard InChI is InChI=1S/C30H29O7P/c1-4-35-24-17-15-20-11-7-9-13-22(20)27(24)29(32)38(34,19-26(31)37-6-3)30(33)28-23-14-10-8-12-21(23)16-18-25(28)36-5-2/h7-18H,4-6,19H2,1-3H3. The number of benzene rings is 4. The van der Waals surface area contributed by atoms with Gasteiger partial charge >= 0.3 is 5.97 Å². The molecule has 0 N–H and O–H groups in total. The minimum Gasteiger partial charge on any atom is -0.493 e. The lowest BCUT2D eigenvalue weighted by molar-refractivity contribution is -0.140. The fraction of sp³-hybridized carbons (Fsp3) is 0.233. The number of hydrogen-bond donors (Lipinski definition) is 0. The van der Waals surface area contributed by atoms with Crippen LogP contribution in [0, 0.1) is 0 Å². The summed E-state index contributed by atoms with van der Waals surface area (Å²) >= 11 is 0. The molecule has 196 valence electrons. The van der Waals surface area contributed by atoms with Gasteiger partial charge in [0.15, 0.2) is 0 Å². The zero-order valence-corrected chi connectivity index (χ0v) is 22.5. The first kappa shape index (κ1) is 27.1. The quantitative estimate of drug-likeness (QED) is 0.157. The van der Waals surface area contributed by atoms with Gasteiger partial charge in [-0.3, -0.25) is 14.4 Å². The lowest BCUT2D eigenvalue weighted by Gasteiger charge is -2.21. The van der Waals surface area contributed by atoms with Gasteiger partial charge in [-0.05, 0) is 54.4 Å². The smallest absolute Gasteiger partial charge is 0.314 e. The summed E-state index contributed by atoms with van der Waals surface area (Å²) < 4.78 is 31.3. The third kappa shape index (κ3) is 5.07. The number of carbonyl (C=O) groups is 3. The second kappa shape index (κ2) is 11.6. The van der Waals surface area contributed by atoms with Crippen LogP contribution in [0.25, 0.3) is 21.5 Å². The Bertz CT molecular complexity index is 1470. The molecule has 0 saturated heterocycles. The van der Waals surface area contributed by atoms with Crippen LogP contribution in [0.4, 0.5) is 0 Å². The van der Waals surface area contributed by atoms with E-state index in [1.54, 1.807) is 81.4 Å². The molecular weight excluding hydrogens is 503 g/mol. The molecule has 0 aromatic heterocycles. The summed E-state index contributed by atoms with van der Waals surface area (Å²) in [5.74, 6) is -0.513. The fourth-order valence-corrected chi connectivity index (χ4v) is 6.59. The predicted molar refractivity (Wildman–Crippen MR) is 148 cm³/mol. The first-order valence-corrected chi connectivity index (χ1v) is 14.4. The van der Waals surface area contributed by atoms with Crippen molar-refractivity contribution in [3.05, 3.63) is 83.9 Å². The van der Waals surface area contributed by atoms with Crippen molar-refractivity contribution in [1.29, 1.82) is 0 Å².